The van der Waals surface area contributed by atoms with Crippen molar-refractivity contribution in [1.29, 1.82) is 0 Å². The summed E-state index contributed by atoms with van der Waals surface area (Å²) in [5, 5.41) is 52.3. The number of nitrogens with one attached hydrogen (secondary N) is 1. The quantitative estimate of drug-likeness (QED) is 0.0952. The highest BCUT2D eigenvalue weighted by Gasteiger charge is 2.76. The maximum atomic E-state index is 14.9. The van der Waals surface area contributed by atoms with E-state index in [1.54, 1.807) is 119 Å². The first-order valence-corrected chi connectivity index (χ1v) is 19.9. The molecule has 296 valence electrons. The van der Waals surface area contributed by atoms with Crippen LogP contribution in [0.25, 0.3) is 0 Å². The Kier molecular flexibility index (Phi) is 10.6. The second kappa shape index (κ2) is 14.7. The third-order valence-electron chi connectivity index (χ3n) is 12.9. The smallest absolute Gasteiger partial charge is 0.338 e. The van der Waals surface area contributed by atoms with E-state index >= 15 is 0 Å². The molecule has 3 fully saturated rings. The van der Waals surface area contributed by atoms with Crippen LogP contribution in [0.2, 0.25) is 0 Å². The van der Waals surface area contributed by atoms with Crippen LogP contribution in [0.15, 0.2) is 102 Å². The summed E-state index contributed by atoms with van der Waals surface area (Å²) < 4.78 is 17.7. The fourth-order valence-electron chi connectivity index (χ4n) is 9.50. The molecule has 5 N–H and O–H groups in total. The van der Waals surface area contributed by atoms with Gasteiger partial charge in [-0.25, -0.2) is 9.59 Å². The average molecular weight is 880 g/mol. The molecule has 2 bridgehead atoms. The van der Waals surface area contributed by atoms with E-state index in [1.165, 1.54) is 0 Å². The van der Waals surface area contributed by atoms with Gasteiger partial charge >= 0.3 is 11.9 Å². The van der Waals surface area contributed by atoms with Crippen molar-refractivity contribution < 1.29 is 53.8 Å². The summed E-state index contributed by atoms with van der Waals surface area (Å²) in [5.74, 6) is -4.45. The highest BCUT2D eigenvalue weighted by molar-refractivity contribution is 14.1. The van der Waals surface area contributed by atoms with E-state index in [0.29, 0.717) is 11.1 Å². The summed E-state index contributed by atoms with van der Waals surface area (Å²) in [6, 6.07) is 23.5. The Morgan fingerprint density at radius 3 is 2.04 bits per heavy atom. The van der Waals surface area contributed by atoms with Crippen molar-refractivity contribution in [2.75, 3.05) is 6.61 Å². The lowest BCUT2D eigenvalue weighted by molar-refractivity contribution is -0.327. The predicted molar refractivity (Wildman–Crippen MR) is 210 cm³/mol. The van der Waals surface area contributed by atoms with Crippen LogP contribution in [0.3, 0.4) is 0 Å². The molecule has 2 saturated carbocycles. The molecule has 3 aromatic rings. The van der Waals surface area contributed by atoms with Crippen LogP contribution in [0.1, 0.15) is 72.9 Å². The lowest BCUT2D eigenvalue weighted by Gasteiger charge is -2.67. The molecule has 1 saturated heterocycles. The topological polar surface area (TPSA) is 189 Å². The molecular weight excluding hydrogens is 833 g/mol. The Bertz CT molecular complexity index is 2040. The molecule has 1 heterocycles. The van der Waals surface area contributed by atoms with Gasteiger partial charge in [0.05, 0.1) is 29.7 Å². The maximum absolute atomic E-state index is 14.9. The number of carbonyl (C=O) groups excluding carboxylic acids is 4. The van der Waals surface area contributed by atoms with E-state index in [2.05, 4.69) is 27.9 Å². The highest BCUT2D eigenvalue weighted by atomic mass is 127. The summed E-state index contributed by atoms with van der Waals surface area (Å²) in [5.41, 5.74) is -5.77. The van der Waals surface area contributed by atoms with Crippen molar-refractivity contribution in [2.45, 2.75) is 92.2 Å². The van der Waals surface area contributed by atoms with Crippen molar-refractivity contribution in [3.05, 3.63) is 119 Å². The van der Waals surface area contributed by atoms with Gasteiger partial charge in [0.1, 0.15) is 29.5 Å². The zero-order valence-corrected chi connectivity index (χ0v) is 33.6. The molecule has 0 spiro atoms. The standard InChI is InChI=1S/C43H46INO11/c1-23-27(55-39(51)33(47)31(24-14-8-5-9-15-24)45-37(49)25-16-10-6-11-17-25)21-43(53)36(56-38(50)26-18-12-7-13-19-26)34-41(4,28(44)20-29-42(34,52)22-54-29)35(48)32(46)30(23)40(43,2)3/h5-19,27-29,31-34,36,46-47,52-53H,20-22H2,1-4H3,(H,45,49)/t27?,28?,29?,31?,32?,33?,34?,36?,41-,42?,43?/m1/s1. The van der Waals surface area contributed by atoms with E-state index in [4.69, 9.17) is 14.2 Å². The maximum Gasteiger partial charge on any atom is 0.338 e. The second-order valence-corrected chi connectivity index (χ2v) is 17.7. The third-order valence-corrected chi connectivity index (χ3v) is 14.7. The lowest BCUT2D eigenvalue weighted by atomic mass is 9.45. The van der Waals surface area contributed by atoms with Crippen molar-refractivity contribution in [3.8, 4) is 0 Å². The number of Topliss-reactive ketones (excluding diaryl/α,β-unsaturated/α-hetero) is 1. The van der Waals surface area contributed by atoms with Crippen LogP contribution < -0.4 is 5.32 Å². The Morgan fingerprint density at radius 1 is 0.893 bits per heavy atom. The van der Waals surface area contributed by atoms with Gasteiger partial charge in [0.2, 0.25) is 0 Å². The number of ether oxygens (including phenoxy) is 3. The molecule has 11 atom stereocenters. The molecule has 1 aliphatic heterocycles. The van der Waals surface area contributed by atoms with E-state index in [9.17, 15) is 39.6 Å². The molecule has 0 radical (unpaired) electrons. The number of hydrogen-bond donors (Lipinski definition) is 5. The number of halogens is 1. The molecule has 10 unspecified atom stereocenters. The number of fused-ring (bicyclic) bond motifs is 5. The number of carbonyl (C=O) groups is 4. The Morgan fingerprint density at radius 2 is 1.46 bits per heavy atom. The van der Waals surface area contributed by atoms with Crippen LogP contribution >= 0.6 is 22.6 Å². The summed E-state index contributed by atoms with van der Waals surface area (Å²) in [4.78, 5) is 56.3. The number of benzene rings is 3. The number of aliphatic hydroxyl groups is 4. The number of ketones is 1. The third kappa shape index (κ3) is 6.31. The summed E-state index contributed by atoms with van der Waals surface area (Å²) >= 11 is 2.11. The second-order valence-electron chi connectivity index (χ2n) is 16.2. The van der Waals surface area contributed by atoms with Gasteiger partial charge in [0, 0.05) is 27.2 Å². The molecule has 56 heavy (non-hydrogen) atoms. The number of rotatable bonds is 8. The molecule has 12 nitrogen and oxygen atoms in total. The summed E-state index contributed by atoms with van der Waals surface area (Å²) in [7, 11) is 0. The van der Waals surface area contributed by atoms with Crippen LogP contribution in [0, 0.1) is 16.7 Å². The first kappa shape index (κ1) is 40.2. The van der Waals surface area contributed by atoms with Crippen LogP contribution in [-0.2, 0) is 23.8 Å². The Labute approximate surface area is 338 Å². The van der Waals surface area contributed by atoms with Crippen molar-refractivity contribution in [3.63, 3.8) is 0 Å². The van der Waals surface area contributed by atoms with Gasteiger partial charge in [0.25, 0.3) is 5.91 Å². The molecule has 3 aliphatic carbocycles. The number of esters is 2. The van der Waals surface area contributed by atoms with Crippen LogP contribution in [-0.4, -0.2) is 96.3 Å². The van der Waals surface area contributed by atoms with E-state index in [1.807, 2.05) is 0 Å². The van der Waals surface area contributed by atoms with Crippen LogP contribution in [0.4, 0.5) is 0 Å². The normalized spacial score (nSPS) is 34.3. The molecule has 3 aromatic carbocycles. The molecule has 13 heteroatoms. The molecule has 0 aromatic heterocycles. The first-order valence-electron chi connectivity index (χ1n) is 18.7. The van der Waals surface area contributed by atoms with Crippen molar-refractivity contribution >= 4 is 46.2 Å². The fourth-order valence-corrected chi connectivity index (χ4v) is 10.7. The average Bonchev–Trinajstić information content (AvgIpc) is 3.19. The van der Waals surface area contributed by atoms with Gasteiger partial charge in [-0.2, -0.15) is 0 Å². The van der Waals surface area contributed by atoms with Crippen molar-refractivity contribution in [2.24, 2.45) is 16.7 Å². The zero-order valence-electron chi connectivity index (χ0n) is 31.4. The molecule has 4 aliphatic rings. The van der Waals surface area contributed by atoms with E-state index in [-0.39, 0.29) is 29.7 Å². The SMILES string of the molecule is CC1=C2C(O)C(=O)[C@]3(C)C(I)CC4OCC4(O)C3C(OC(=O)c3ccccc3)C(O)(CC1OC(=O)C(O)C(NC(=O)c1ccccc1)c1ccccc1)C2(C)C. The van der Waals surface area contributed by atoms with Gasteiger partial charge < -0.3 is 40.0 Å². The zero-order chi connectivity index (χ0) is 40.4. The van der Waals surface area contributed by atoms with Gasteiger partial charge in [-0.05, 0) is 54.3 Å². The lowest BCUT2D eigenvalue weighted by Crippen LogP contribution is -2.80. The first-order chi connectivity index (χ1) is 26.5. The number of amides is 1. The van der Waals surface area contributed by atoms with Gasteiger partial charge in [-0.15, -0.1) is 0 Å². The fraction of sp³-hybridized carbons (Fsp3) is 0.442. The van der Waals surface area contributed by atoms with E-state index < -0.39 is 98.5 Å². The van der Waals surface area contributed by atoms with Gasteiger partial charge in [-0.3, -0.25) is 9.59 Å². The molecular formula is C43H46INO11. The monoisotopic (exact) mass is 879 g/mol. The summed E-state index contributed by atoms with van der Waals surface area (Å²) in [6.45, 7) is 6.25. The minimum Gasteiger partial charge on any atom is -0.456 e. The van der Waals surface area contributed by atoms with Gasteiger partial charge in [-0.1, -0.05) is 110 Å². The minimum atomic E-state index is -2.19. The molecule has 1 amide bonds. The number of aliphatic hydroxyl groups excluding tert-OH is 2. The summed E-state index contributed by atoms with van der Waals surface area (Å²) in [6.07, 6.45) is -7.62. The molecule has 7 rings (SSSR count). The van der Waals surface area contributed by atoms with Crippen molar-refractivity contribution in [1.82, 2.24) is 5.32 Å². The van der Waals surface area contributed by atoms with Gasteiger partial charge in [0.15, 0.2) is 11.9 Å². The Hall–Kier alpha value is -3.99. The predicted octanol–water partition coefficient (Wildman–Crippen LogP) is 4.04. The minimum absolute atomic E-state index is 0.0727. The Balaban J connectivity index is 1.31. The van der Waals surface area contributed by atoms with Crippen LogP contribution in [0.5, 0.6) is 0 Å². The number of alkyl halides is 1. The highest BCUT2D eigenvalue weighted by Crippen LogP contribution is 2.64. The number of hydrogen-bond acceptors (Lipinski definition) is 11. The van der Waals surface area contributed by atoms with E-state index in [0.717, 1.165) is 0 Å². The largest absolute Gasteiger partial charge is 0.456 e.